The largest absolute Gasteiger partial charge is 0.480 e. The molecule has 0 aromatic rings. The van der Waals surface area contributed by atoms with Gasteiger partial charge in [-0.25, -0.2) is 4.79 Å². The van der Waals surface area contributed by atoms with Crippen molar-refractivity contribution in [3.05, 3.63) is 0 Å². The van der Waals surface area contributed by atoms with Crippen LogP contribution in [0.3, 0.4) is 0 Å². The van der Waals surface area contributed by atoms with Crippen LogP contribution in [0.4, 0.5) is 4.79 Å². The summed E-state index contributed by atoms with van der Waals surface area (Å²) in [5, 5.41) is 11.6. The molecule has 0 atom stereocenters. The number of urea groups is 1. The zero-order valence-corrected chi connectivity index (χ0v) is 11.3. The molecular formula is C13H24N2O3. The van der Waals surface area contributed by atoms with E-state index in [1.807, 2.05) is 0 Å². The van der Waals surface area contributed by atoms with Crippen molar-refractivity contribution in [1.82, 2.24) is 10.2 Å². The fraction of sp³-hybridized carbons (Fsp3) is 0.846. The first-order chi connectivity index (χ1) is 8.50. The van der Waals surface area contributed by atoms with E-state index in [1.165, 1.54) is 4.90 Å². The van der Waals surface area contributed by atoms with Crippen molar-refractivity contribution >= 4 is 12.0 Å². The highest BCUT2D eigenvalue weighted by atomic mass is 16.4. The Labute approximate surface area is 109 Å². The van der Waals surface area contributed by atoms with E-state index in [4.69, 9.17) is 5.11 Å². The molecule has 2 amide bonds. The van der Waals surface area contributed by atoms with Crippen LogP contribution in [0.2, 0.25) is 0 Å². The summed E-state index contributed by atoms with van der Waals surface area (Å²) in [6, 6.07) is -0.0961. The van der Waals surface area contributed by atoms with Gasteiger partial charge in [0.05, 0.1) is 0 Å². The van der Waals surface area contributed by atoms with E-state index in [2.05, 4.69) is 19.2 Å². The maximum Gasteiger partial charge on any atom is 0.323 e. The standard InChI is InChI=1S/C13H24N2O3/c1-10(2)5-3-4-8-14-13(18)15(9-12(16)17)11-6-7-11/h10-11H,3-9H2,1-2H3,(H,14,18)(H,16,17). The molecule has 0 unspecified atom stereocenters. The number of carbonyl (C=O) groups excluding carboxylic acids is 1. The smallest absolute Gasteiger partial charge is 0.323 e. The average Bonchev–Trinajstić information content (AvgIpc) is 3.08. The van der Waals surface area contributed by atoms with Gasteiger partial charge in [-0.3, -0.25) is 4.79 Å². The van der Waals surface area contributed by atoms with Gasteiger partial charge in [0.2, 0.25) is 0 Å². The number of unbranched alkanes of at least 4 members (excludes halogenated alkanes) is 1. The molecule has 1 aliphatic rings. The summed E-state index contributed by atoms with van der Waals surface area (Å²) < 4.78 is 0. The van der Waals surface area contributed by atoms with Gasteiger partial charge in [0.25, 0.3) is 0 Å². The van der Waals surface area contributed by atoms with Gasteiger partial charge in [-0.2, -0.15) is 0 Å². The van der Waals surface area contributed by atoms with Gasteiger partial charge in [0, 0.05) is 12.6 Å². The number of nitrogens with one attached hydrogen (secondary N) is 1. The second-order valence-corrected chi connectivity index (χ2v) is 5.37. The molecular weight excluding hydrogens is 232 g/mol. The van der Waals surface area contributed by atoms with Crippen molar-refractivity contribution in [2.45, 2.75) is 52.0 Å². The van der Waals surface area contributed by atoms with Crippen molar-refractivity contribution in [3.8, 4) is 0 Å². The zero-order chi connectivity index (χ0) is 13.5. The Hall–Kier alpha value is -1.26. The van der Waals surface area contributed by atoms with Crippen LogP contribution in [0, 0.1) is 5.92 Å². The summed E-state index contributed by atoms with van der Waals surface area (Å²) in [5.41, 5.74) is 0. The number of nitrogens with zero attached hydrogens (tertiary/aromatic N) is 1. The van der Waals surface area contributed by atoms with Crippen molar-refractivity contribution in [2.75, 3.05) is 13.1 Å². The Balaban J connectivity index is 2.18. The zero-order valence-electron chi connectivity index (χ0n) is 11.3. The summed E-state index contributed by atoms with van der Waals surface area (Å²) in [4.78, 5) is 23.9. The lowest BCUT2D eigenvalue weighted by Crippen LogP contribution is -2.44. The minimum Gasteiger partial charge on any atom is -0.480 e. The molecule has 0 aromatic heterocycles. The van der Waals surface area contributed by atoms with Gasteiger partial charge in [0.15, 0.2) is 0 Å². The highest BCUT2D eigenvalue weighted by Crippen LogP contribution is 2.26. The van der Waals surface area contributed by atoms with Crippen molar-refractivity contribution in [3.63, 3.8) is 0 Å². The van der Waals surface area contributed by atoms with Crippen LogP contribution in [0.25, 0.3) is 0 Å². The van der Waals surface area contributed by atoms with Crippen molar-refractivity contribution in [1.29, 1.82) is 0 Å². The fourth-order valence-corrected chi connectivity index (χ4v) is 1.87. The van der Waals surface area contributed by atoms with E-state index in [-0.39, 0.29) is 18.6 Å². The molecule has 1 saturated carbocycles. The van der Waals surface area contributed by atoms with Crippen molar-refractivity contribution < 1.29 is 14.7 Å². The molecule has 0 saturated heterocycles. The molecule has 0 bridgehead atoms. The Morgan fingerprint density at radius 1 is 1.33 bits per heavy atom. The molecule has 2 N–H and O–H groups in total. The van der Waals surface area contributed by atoms with Gasteiger partial charge in [0.1, 0.15) is 6.54 Å². The predicted molar refractivity (Wildman–Crippen MR) is 69.5 cm³/mol. The van der Waals surface area contributed by atoms with E-state index in [9.17, 15) is 9.59 Å². The Kier molecular flexibility index (Phi) is 5.95. The van der Waals surface area contributed by atoms with Gasteiger partial charge < -0.3 is 15.3 Å². The molecule has 1 fully saturated rings. The van der Waals surface area contributed by atoms with Crippen LogP contribution in [0.1, 0.15) is 46.0 Å². The molecule has 0 spiro atoms. The lowest BCUT2D eigenvalue weighted by atomic mass is 10.1. The molecule has 1 rings (SSSR count). The number of carboxylic acid groups (broad SMARTS) is 1. The first-order valence-electron chi connectivity index (χ1n) is 6.77. The SMILES string of the molecule is CC(C)CCCCNC(=O)N(CC(=O)O)C1CC1. The quantitative estimate of drug-likeness (QED) is 0.653. The topological polar surface area (TPSA) is 69.6 Å². The first-order valence-corrected chi connectivity index (χ1v) is 6.77. The summed E-state index contributed by atoms with van der Waals surface area (Å²) in [7, 11) is 0. The van der Waals surface area contributed by atoms with Gasteiger partial charge >= 0.3 is 12.0 Å². The molecule has 0 aliphatic heterocycles. The summed E-state index contributed by atoms with van der Waals surface area (Å²) in [5.74, 6) is -0.257. The third-order valence-electron chi connectivity index (χ3n) is 3.04. The number of amides is 2. The average molecular weight is 256 g/mol. The highest BCUT2D eigenvalue weighted by molar-refractivity contribution is 5.80. The third kappa shape index (κ3) is 5.89. The number of hydrogen-bond acceptors (Lipinski definition) is 2. The number of rotatable bonds is 8. The summed E-state index contributed by atoms with van der Waals surface area (Å²) in [6.45, 7) is 4.80. The minimum atomic E-state index is -0.947. The highest BCUT2D eigenvalue weighted by Gasteiger charge is 2.33. The second-order valence-electron chi connectivity index (χ2n) is 5.37. The van der Waals surface area contributed by atoms with Crippen LogP contribution in [-0.2, 0) is 4.79 Å². The second kappa shape index (κ2) is 7.24. The Bertz CT molecular complexity index is 288. The van der Waals surface area contributed by atoms with E-state index in [0.29, 0.717) is 12.5 Å². The van der Waals surface area contributed by atoms with Gasteiger partial charge in [-0.05, 0) is 25.2 Å². The third-order valence-corrected chi connectivity index (χ3v) is 3.04. The predicted octanol–water partition coefficient (Wildman–Crippen LogP) is 2.07. The molecule has 0 heterocycles. The van der Waals surface area contributed by atoms with Crippen LogP contribution >= 0.6 is 0 Å². The first kappa shape index (κ1) is 14.8. The lowest BCUT2D eigenvalue weighted by molar-refractivity contribution is -0.137. The van der Waals surface area contributed by atoms with E-state index >= 15 is 0 Å². The molecule has 5 nitrogen and oxygen atoms in total. The Morgan fingerprint density at radius 3 is 2.50 bits per heavy atom. The lowest BCUT2D eigenvalue weighted by Gasteiger charge is -2.20. The van der Waals surface area contributed by atoms with Gasteiger partial charge in [-0.15, -0.1) is 0 Å². The number of aliphatic carboxylic acids is 1. The van der Waals surface area contributed by atoms with E-state index in [0.717, 1.165) is 32.1 Å². The number of hydrogen-bond donors (Lipinski definition) is 2. The van der Waals surface area contributed by atoms with Crippen LogP contribution in [-0.4, -0.2) is 41.1 Å². The molecule has 18 heavy (non-hydrogen) atoms. The normalized spacial score (nSPS) is 14.6. The monoisotopic (exact) mass is 256 g/mol. The van der Waals surface area contributed by atoms with Crippen LogP contribution in [0.15, 0.2) is 0 Å². The maximum atomic E-state index is 11.8. The molecule has 0 aromatic carbocycles. The molecule has 0 radical (unpaired) electrons. The van der Waals surface area contributed by atoms with E-state index in [1.54, 1.807) is 0 Å². The van der Waals surface area contributed by atoms with Crippen molar-refractivity contribution in [2.24, 2.45) is 5.92 Å². The van der Waals surface area contributed by atoms with Crippen LogP contribution < -0.4 is 5.32 Å². The fourth-order valence-electron chi connectivity index (χ4n) is 1.87. The summed E-state index contributed by atoms with van der Waals surface area (Å²) >= 11 is 0. The minimum absolute atomic E-state index is 0.136. The maximum absolute atomic E-state index is 11.8. The number of carbonyl (C=O) groups is 2. The molecule has 1 aliphatic carbocycles. The number of carboxylic acids is 1. The van der Waals surface area contributed by atoms with E-state index < -0.39 is 5.97 Å². The van der Waals surface area contributed by atoms with Gasteiger partial charge in [-0.1, -0.05) is 26.7 Å². The molecule has 104 valence electrons. The Morgan fingerprint density at radius 2 is 2.00 bits per heavy atom. The molecule has 5 heteroatoms. The summed E-state index contributed by atoms with van der Waals surface area (Å²) in [6.07, 6.45) is 5.06. The van der Waals surface area contributed by atoms with Crippen LogP contribution in [0.5, 0.6) is 0 Å².